The van der Waals surface area contributed by atoms with Crippen LogP contribution in [0.5, 0.6) is 0 Å². The first kappa shape index (κ1) is 22.1. The van der Waals surface area contributed by atoms with Gasteiger partial charge in [0.15, 0.2) is 0 Å². The Morgan fingerprint density at radius 3 is 2.11 bits per heavy atom. The summed E-state index contributed by atoms with van der Waals surface area (Å²) in [4.78, 5) is 13.8. The maximum Gasteiger partial charge on any atom is 0.416 e. The van der Waals surface area contributed by atoms with Crippen LogP contribution >= 0.6 is 0 Å². The van der Waals surface area contributed by atoms with E-state index in [-0.39, 0.29) is 30.2 Å². The van der Waals surface area contributed by atoms with Crippen molar-refractivity contribution in [3.63, 3.8) is 0 Å². The first-order chi connectivity index (χ1) is 19.0. The standard InChI is InChI=1S/C24H23F9N2O2/c1-3-17-11-19(34-12-13-7-15(23(28,29)30)9-16(8-13)24(31,32)33)18-10-14(22(25,26)27)5-6-20(18)35(17)21(36)37-4-2/h5-10,17,19,34H,3-4,11-12H2,1-2H3/t17-,19+/m1/s1/i2D3,4D2. The summed E-state index contributed by atoms with van der Waals surface area (Å²) >= 11 is 0. The maximum absolute atomic E-state index is 13.5. The van der Waals surface area contributed by atoms with Gasteiger partial charge < -0.3 is 10.1 Å². The van der Waals surface area contributed by atoms with Crippen molar-refractivity contribution >= 4 is 11.8 Å². The van der Waals surface area contributed by atoms with E-state index in [0.717, 1.165) is 11.0 Å². The Morgan fingerprint density at radius 1 is 1.00 bits per heavy atom. The van der Waals surface area contributed by atoms with Gasteiger partial charge in [-0.3, -0.25) is 4.90 Å². The van der Waals surface area contributed by atoms with Crippen LogP contribution in [0.25, 0.3) is 0 Å². The Morgan fingerprint density at radius 2 is 1.59 bits per heavy atom. The van der Waals surface area contributed by atoms with Crippen LogP contribution in [0.4, 0.5) is 50.0 Å². The second-order valence-corrected chi connectivity index (χ2v) is 8.26. The lowest BCUT2D eigenvalue weighted by molar-refractivity contribution is -0.143. The molecule has 0 bridgehead atoms. The lowest BCUT2D eigenvalue weighted by Crippen LogP contribution is -2.47. The first-order valence-electron chi connectivity index (χ1n) is 13.2. The number of amides is 1. The normalized spacial score (nSPS) is 21.2. The van der Waals surface area contributed by atoms with Gasteiger partial charge in [0.2, 0.25) is 0 Å². The Balaban J connectivity index is 2.05. The van der Waals surface area contributed by atoms with Crippen molar-refractivity contribution in [3.05, 3.63) is 64.2 Å². The molecule has 0 aromatic heterocycles. The van der Waals surface area contributed by atoms with Gasteiger partial charge in [-0.25, -0.2) is 4.79 Å². The number of nitrogens with zero attached hydrogens (tertiary/aromatic N) is 1. The van der Waals surface area contributed by atoms with Gasteiger partial charge in [0.05, 0.1) is 31.7 Å². The van der Waals surface area contributed by atoms with Crippen LogP contribution in [0.2, 0.25) is 0 Å². The van der Waals surface area contributed by atoms with E-state index in [9.17, 15) is 44.3 Å². The second-order valence-electron chi connectivity index (χ2n) is 8.26. The first-order valence-corrected chi connectivity index (χ1v) is 10.7. The van der Waals surface area contributed by atoms with Gasteiger partial charge >= 0.3 is 24.6 Å². The molecule has 1 heterocycles. The van der Waals surface area contributed by atoms with Crippen molar-refractivity contribution in [1.82, 2.24) is 5.32 Å². The summed E-state index contributed by atoms with van der Waals surface area (Å²) < 4.78 is 162. The van der Waals surface area contributed by atoms with Gasteiger partial charge in [0.25, 0.3) is 0 Å². The number of anilines is 1. The van der Waals surface area contributed by atoms with E-state index in [1.165, 1.54) is 6.92 Å². The quantitative estimate of drug-likeness (QED) is 0.390. The van der Waals surface area contributed by atoms with Crippen LogP contribution in [0.3, 0.4) is 0 Å². The third kappa shape index (κ3) is 6.49. The molecule has 0 aliphatic carbocycles. The molecule has 0 unspecified atom stereocenters. The average molecular weight is 547 g/mol. The molecule has 2 aromatic rings. The maximum atomic E-state index is 13.5. The number of fused-ring (bicyclic) bond motifs is 1. The fourth-order valence-corrected chi connectivity index (χ4v) is 4.18. The van der Waals surface area contributed by atoms with Crippen LogP contribution in [0.1, 0.15) is 67.3 Å². The number of carbonyl (C=O) groups excluding carboxylic acids is 1. The summed E-state index contributed by atoms with van der Waals surface area (Å²) in [6.07, 6.45) is -16.8. The molecular formula is C24H23F9N2O2. The van der Waals surface area contributed by atoms with E-state index in [1.807, 2.05) is 0 Å². The molecule has 1 aliphatic rings. The number of hydrogen-bond donors (Lipinski definition) is 1. The topological polar surface area (TPSA) is 41.6 Å². The Bertz CT molecular complexity index is 1280. The summed E-state index contributed by atoms with van der Waals surface area (Å²) in [5, 5.41) is 2.68. The van der Waals surface area contributed by atoms with Crippen molar-refractivity contribution in [2.75, 3.05) is 11.5 Å². The molecule has 2 aromatic carbocycles. The zero-order chi connectivity index (χ0) is 32.1. The largest absolute Gasteiger partial charge is 0.449 e. The molecule has 3 rings (SSSR count). The highest BCUT2D eigenvalue weighted by Crippen LogP contribution is 2.42. The van der Waals surface area contributed by atoms with Crippen molar-refractivity contribution in [3.8, 4) is 0 Å². The molecule has 0 radical (unpaired) electrons. The fraction of sp³-hybridized carbons (Fsp3) is 0.458. The second kappa shape index (κ2) is 10.4. The zero-order valence-corrected chi connectivity index (χ0v) is 18.9. The molecule has 204 valence electrons. The van der Waals surface area contributed by atoms with E-state index >= 15 is 0 Å². The average Bonchev–Trinajstić information content (AvgIpc) is 2.83. The number of rotatable bonds is 5. The summed E-state index contributed by atoms with van der Waals surface area (Å²) in [7, 11) is 0. The van der Waals surface area contributed by atoms with E-state index in [4.69, 9.17) is 6.85 Å². The van der Waals surface area contributed by atoms with E-state index in [0.29, 0.717) is 24.3 Å². The lowest BCUT2D eigenvalue weighted by Gasteiger charge is -2.40. The van der Waals surface area contributed by atoms with Gasteiger partial charge in [-0.05, 0) is 67.2 Å². The minimum atomic E-state index is -5.12. The van der Waals surface area contributed by atoms with Crippen LogP contribution in [0.15, 0.2) is 36.4 Å². The molecule has 0 fully saturated rings. The van der Waals surface area contributed by atoms with Crippen LogP contribution in [0, 0.1) is 0 Å². The van der Waals surface area contributed by atoms with Crippen LogP contribution < -0.4 is 10.2 Å². The Hall–Kier alpha value is -2.96. The molecule has 2 atom stereocenters. The molecule has 1 aliphatic heterocycles. The monoisotopic (exact) mass is 547 g/mol. The number of benzene rings is 2. The van der Waals surface area contributed by atoms with Crippen LogP contribution in [-0.4, -0.2) is 18.7 Å². The number of alkyl halides is 9. The number of hydrogen-bond acceptors (Lipinski definition) is 3. The fourth-order valence-electron chi connectivity index (χ4n) is 4.18. The van der Waals surface area contributed by atoms with E-state index < -0.39 is 78.9 Å². The molecular weight excluding hydrogens is 519 g/mol. The number of ether oxygens (including phenoxy) is 1. The van der Waals surface area contributed by atoms with Gasteiger partial charge in [-0.15, -0.1) is 0 Å². The molecule has 0 saturated carbocycles. The van der Waals surface area contributed by atoms with Gasteiger partial charge in [-0.2, -0.15) is 39.5 Å². The number of halogens is 9. The van der Waals surface area contributed by atoms with E-state index in [1.54, 1.807) is 0 Å². The Labute approximate surface area is 213 Å². The van der Waals surface area contributed by atoms with Gasteiger partial charge in [-0.1, -0.05) is 6.92 Å². The number of nitrogens with one attached hydrogen (secondary N) is 1. The highest BCUT2D eigenvalue weighted by atomic mass is 19.4. The smallest absolute Gasteiger partial charge is 0.416 e. The molecule has 0 saturated heterocycles. The highest BCUT2D eigenvalue weighted by Gasteiger charge is 2.40. The third-order valence-electron chi connectivity index (χ3n) is 5.87. The lowest BCUT2D eigenvalue weighted by atomic mass is 9.88. The summed E-state index contributed by atoms with van der Waals surface area (Å²) in [6, 6.07) is 0.890. The third-order valence-corrected chi connectivity index (χ3v) is 5.87. The highest BCUT2D eigenvalue weighted by molar-refractivity contribution is 5.90. The summed E-state index contributed by atoms with van der Waals surface area (Å²) in [5.74, 6) is 0. The SMILES string of the molecule is [2H]C([2H])([2H])C([2H])([2H])OC(=O)N1c2ccc(C(F)(F)F)cc2[C@@H](NCc2cc(C(F)(F)F)cc(C(F)(F)F)c2)C[C@H]1CC. The van der Waals surface area contributed by atoms with Gasteiger partial charge in [0.1, 0.15) is 0 Å². The molecule has 4 nitrogen and oxygen atoms in total. The molecule has 13 heteroatoms. The summed E-state index contributed by atoms with van der Waals surface area (Å²) in [5.41, 5.74) is -5.31. The minimum Gasteiger partial charge on any atom is -0.449 e. The number of carbonyl (C=O) groups is 1. The van der Waals surface area contributed by atoms with E-state index in [2.05, 4.69) is 10.1 Å². The van der Waals surface area contributed by atoms with Crippen molar-refractivity contribution in [1.29, 1.82) is 0 Å². The van der Waals surface area contributed by atoms with Crippen molar-refractivity contribution < 1.29 is 55.9 Å². The zero-order valence-electron chi connectivity index (χ0n) is 23.9. The van der Waals surface area contributed by atoms with Gasteiger partial charge in [0, 0.05) is 22.7 Å². The predicted molar refractivity (Wildman–Crippen MR) is 116 cm³/mol. The van der Waals surface area contributed by atoms with Crippen LogP contribution in [-0.2, 0) is 29.8 Å². The summed E-state index contributed by atoms with van der Waals surface area (Å²) in [6.45, 7) is -5.98. The van der Waals surface area contributed by atoms with Crippen molar-refractivity contribution in [2.24, 2.45) is 0 Å². The predicted octanol–water partition coefficient (Wildman–Crippen LogP) is 7.72. The molecule has 37 heavy (non-hydrogen) atoms. The molecule has 0 spiro atoms. The minimum absolute atomic E-state index is 0.0660. The molecule has 1 amide bonds. The molecule has 1 N–H and O–H groups in total. The Kier molecular flexibility index (Phi) is 6.22. The van der Waals surface area contributed by atoms with Crippen molar-refractivity contribution in [2.45, 2.75) is 63.8 Å².